The lowest BCUT2D eigenvalue weighted by atomic mass is 10.1. The van der Waals surface area contributed by atoms with E-state index in [0.717, 1.165) is 28.9 Å². The lowest BCUT2D eigenvalue weighted by Gasteiger charge is -2.25. The molecule has 1 saturated heterocycles. The number of carbonyl (C=O) groups is 1. The van der Waals surface area contributed by atoms with Crippen molar-refractivity contribution in [2.75, 3.05) is 30.4 Å². The molecule has 132 valence electrons. The summed E-state index contributed by atoms with van der Waals surface area (Å²) in [5.74, 6) is 0.516. The molecule has 0 bridgehead atoms. The average molecular weight is 403 g/mol. The molecule has 1 amide bonds. The van der Waals surface area contributed by atoms with Gasteiger partial charge in [-0.2, -0.15) is 0 Å². The van der Waals surface area contributed by atoms with Crippen LogP contribution in [0, 0.1) is 0 Å². The van der Waals surface area contributed by atoms with Crippen molar-refractivity contribution in [2.24, 2.45) is 0 Å². The van der Waals surface area contributed by atoms with Gasteiger partial charge in [-0.25, -0.2) is 0 Å². The second-order valence-corrected chi connectivity index (χ2v) is 7.07. The molecule has 5 heteroatoms. The molecule has 2 aromatic carbocycles. The zero-order valence-corrected chi connectivity index (χ0v) is 16.0. The predicted octanol–water partition coefficient (Wildman–Crippen LogP) is 5.09. The number of para-hydroxylation sites is 2. The molecule has 4 nitrogen and oxygen atoms in total. The molecule has 0 aromatic heterocycles. The zero-order chi connectivity index (χ0) is 17.6. The highest BCUT2D eigenvalue weighted by Crippen LogP contribution is 2.29. The molecule has 2 aromatic rings. The fourth-order valence-corrected chi connectivity index (χ4v) is 3.59. The Kier molecular flexibility index (Phi) is 5.97. The number of rotatable bonds is 4. The fraction of sp³-hybridized carbons (Fsp3) is 0.350. The van der Waals surface area contributed by atoms with E-state index in [-0.39, 0.29) is 5.91 Å². The van der Waals surface area contributed by atoms with Gasteiger partial charge in [0.1, 0.15) is 5.75 Å². The van der Waals surface area contributed by atoms with Gasteiger partial charge in [-0.1, -0.05) is 25.0 Å². The Labute approximate surface area is 157 Å². The number of benzene rings is 2. The first kappa shape index (κ1) is 17.8. The van der Waals surface area contributed by atoms with E-state index >= 15 is 0 Å². The third kappa shape index (κ3) is 4.34. The average Bonchev–Trinajstić information content (AvgIpc) is 2.92. The lowest BCUT2D eigenvalue weighted by molar-refractivity contribution is 0.102. The number of nitrogens with zero attached hydrogens (tertiary/aromatic N) is 1. The third-order valence-corrected chi connectivity index (χ3v) is 5.21. The van der Waals surface area contributed by atoms with Crippen LogP contribution >= 0.6 is 15.9 Å². The van der Waals surface area contributed by atoms with Crippen LogP contribution in [0.4, 0.5) is 11.4 Å². The van der Waals surface area contributed by atoms with Gasteiger partial charge in [-0.05, 0) is 59.1 Å². The van der Waals surface area contributed by atoms with Crippen LogP contribution in [0.5, 0.6) is 5.75 Å². The molecule has 1 fully saturated rings. The maximum atomic E-state index is 12.8. The molecule has 1 aliphatic rings. The van der Waals surface area contributed by atoms with Gasteiger partial charge in [0.2, 0.25) is 0 Å². The molecule has 1 N–H and O–H groups in total. The molecule has 1 aliphatic heterocycles. The summed E-state index contributed by atoms with van der Waals surface area (Å²) in [5.41, 5.74) is 2.51. The van der Waals surface area contributed by atoms with Crippen LogP contribution in [-0.2, 0) is 0 Å². The Morgan fingerprint density at radius 3 is 2.52 bits per heavy atom. The number of hydrogen-bond acceptors (Lipinski definition) is 3. The van der Waals surface area contributed by atoms with Gasteiger partial charge in [-0.3, -0.25) is 4.79 Å². The first-order valence-corrected chi connectivity index (χ1v) is 9.47. The van der Waals surface area contributed by atoms with E-state index in [0.29, 0.717) is 11.3 Å². The largest absolute Gasteiger partial charge is 0.497 e. The smallest absolute Gasteiger partial charge is 0.257 e. The predicted molar refractivity (Wildman–Crippen MR) is 106 cm³/mol. The zero-order valence-electron chi connectivity index (χ0n) is 14.4. The van der Waals surface area contributed by atoms with E-state index in [1.54, 1.807) is 13.2 Å². The van der Waals surface area contributed by atoms with Crippen molar-refractivity contribution in [1.29, 1.82) is 0 Å². The van der Waals surface area contributed by atoms with Crippen molar-refractivity contribution >= 4 is 33.2 Å². The minimum atomic E-state index is -0.145. The first-order chi connectivity index (χ1) is 12.2. The quantitative estimate of drug-likeness (QED) is 0.773. The molecular formula is C20H23BrN2O2. The lowest BCUT2D eigenvalue weighted by Crippen LogP contribution is -2.25. The third-order valence-electron chi connectivity index (χ3n) is 4.52. The summed E-state index contributed by atoms with van der Waals surface area (Å²) in [6.45, 7) is 2.07. The van der Waals surface area contributed by atoms with E-state index in [1.807, 2.05) is 30.3 Å². The van der Waals surface area contributed by atoms with E-state index in [2.05, 4.69) is 32.2 Å². The SMILES string of the molecule is COc1ccc(Br)c(C(=O)Nc2ccccc2N2CCCCCC2)c1. The monoisotopic (exact) mass is 402 g/mol. The van der Waals surface area contributed by atoms with Gasteiger partial charge in [0.25, 0.3) is 5.91 Å². The summed E-state index contributed by atoms with van der Waals surface area (Å²) in [4.78, 5) is 15.2. The number of hydrogen-bond donors (Lipinski definition) is 1. The summed E-state index contributed by atoms with van der Waals surface area (Å²) < 4.78 is 5.98. The second-order valence-electron chi connectivity index (χ2n) is 6.22. The van der Waals surface area contributed by atoms with Gasteiger partial charge < -0.3 is 15.0 Å². The summed E-state index contributed by atoms with van der Waals surface area (Å²) in [5, 5.41) is 3.07. The van der Waals surface area contributed by atoms with Crippen LogP contribution in [0.3, 0.4) is 0 Å². The van der Waals surface area contributed by atoms with Crippen molar-refractivity contribution in [3.63, 3.8) is 0 Å². The molecule has 0 aliphatic carbocycles. The summed E-state index contributed by atoms with van der Waals surface area (Å²) >= 11 is 3.45. The normalized spacial score (nSPS) is 14.7. The fourth-order valence-electron chi connectivity index (χ4n) is 3.16. The number of anilines is 2. The maximum absolute atomic E-state index is 12.8. The number of nitrogens with one attached hydrogen (secondary N) is 1. The van der Waals surface area contributed by atoms with E-state index in [4.69, 9.17) is 4.74 Å². The minimum Gasteiger partial charge on any atom is -0.497 e. The number of carbonyl (C=O) groups excluding carboxylic acids is 1. The highest BCUT2D eigenvalue weighted by Gasteiger charge is 2.17. The van der Waals surface area contributed by atoms with Crippen molar-refractivity contribution in [1.82, 2.24) is 0 Å². The van der Waals surface area contributed by atoms with Gasteiger partial charge in [0.05, 0.1) is 24.0 Å². The van der Waals surface area contributed by atoms with Crippen molar-refractivity contribution in [3.05, 3.63) is 52.5 Å². The number of amides is 1. The summed E-state index contributed by atoms with van der Waals surface area (Å²) in [7, 11) is 1.60. The van der Waals surface area contributed by atoms with Crippen LogP contribution in [-0.4, -0.2) is 26.1 Å². The molecule has 0 saturated carbocycles. The Morgan fingerprint density at radius 2 is 1.80 bits per heavy atom. The topological polar surface area (TPSA) is 41.6 Å². The van der Waals surface area contributed by atoms with E-state index < -0.39 is 0 Å². The van der Waals surface area contributed by atoms with Crippen molar-refractivity contribution in [3.8, 4) is 5.75 Å². The number of methoxy groups -OCH3 is 1. The molecule has 1 heterocycles. The molecule has 25 heavy (non-hydrogen) atoms. The van der Waals surface area contributed by atoms with Gasteiger partial charge in [0, 0.05) is 17.6 Å². The minimum absolute atomic E-state index is 0.145. The Bertz CT molecular complexity index is 740. The standard InChI is InChI=1S/C20H23BrN2O2/c1-25-15-10-11-17(21)16(14-15)20(24)22-18-8-4-5-9-19(18)23-12-6-2-3-7-13-23/h4-5,8-11,14H,2-3,6-7,12-13H2,1H3,(H,22,24). The Hall–Kier alpha value is -2.01. The highest BCUT2D eigenvalue weighted by molar-refractivity contribution is 9.10. The Balaban J connectivity index is 1.84. The van der Waals surface area contributed by atoms with Gasteiger partial charge in [0.15, 0.2) is 0 Å². The van der Waals surface area contributed by atoms with Crippen molar-refractivity contribution in [2.45, 2.75) is 25.7 Å². The first-order valence-electron chi connectivity index (χ1n) is 8.68. The molecule has 0 unspecified atom stereocenters. The van der Waals surface area contributed by atoms with Crippen molar-refractivity contribution < 1.29 is 9.53 Å². The molecule has 3 rings (SSSR count). The second kappa shape index (κ2) is 8.39. The van der Waals surface area contributed by atoms with Crippen LogP contribution in [0.1, 0.15) is 36.0 Å². The molecular weight excluding hydrogens is 380 g/mol. The van der Waals surface area contributed by atoms with Crippen LogP contribution in [0.25, 0.3) is 0 Å². The summed E-state index contributed by atoms with van der Waals surface area (Å²) in [6.07, 6.45) is 4.96. The number of halogens is 1. The van der Waals surface area contributed by atoms with Gasteiger partial charge in [-0.15, -0.1) is 0 Å². The molecule has 0 radical (unpaired) electrons. The number of ether oxygens (including phenoxy) is 1. The van der Waals surface area contributed by atoms with Gasteiger partial charge >= 0.3 is 0 Å². The highest BCUT2D eigenvalue weighted by atomic mass is 79.9. The van der Waals surface area contributed by atoms with Crippen LogP contribution in [0.2, 0.25) is 0 Å². The maximum Gasteiger partial charge on any atom is 0.257 e. The van der Waals surface area contributed by atoms with E-state index in [1.165, 1.54) is 25.7 Å². The summed E-state index contributed by atoms with van der Waals surface area (Å²) in [6, 6.07) is 13.4. The molecule has 0 atom stereocenters. The van der Waals surface area contributed by atoms with Crippen LogP contribution < -0.4 is 15.0 Å². The Morgan fingerprint density at radius 1 is 1.08 bits per heavy atom. The van der Waals surface area contributed by atoms with Crippen LogP contribution in [0.15, 0.2) is 46.9 Å². The van der Waals surface area contributed by atoms with E-state index in [9.17, 15) is 4.79 Å². The molecule has 0 spiro atoms.